The summed E-state index contributed by atoms with van der Waals surface area (Å²) >= 11 is 0. The molecule has 0 aliphatic carbocycles. The minimum Gasteiger partial charge on any atom is -0.350 e. The summed E-state index contributed by atoms with van der Waals surface area (Å²) < 4.78 is 0. The van der Waals surface area contributed by atoms with E-state index in [2.05, 4.69) is 34.6 Å². The number of amides is 1. The number of rotatable bonds is 7. The van der Waals surface area contributed by atoms with Crippen molar-refractivity contribution in [3.05, 3.63) is 65.5 Å². The van der Waals surface area contributed by atoms with Crippen LogP contribution in [0.15, 0.2) is 48.7 Å². The number of pyridine rings is 1. The second-order valence-electron chi connectivity index (χ2n) is 5.71. The predicted octanol–water partition coefficient (Wildman–Crippen LogP) is 3.98. The molecule has 116 valence electrons. The molecular weight excluding hydrogens is 272 g/mol. The van der Waals surface area contributed by atoms with Crippen LogP contribution in [0.4, 0.5) is 0 Å². The molecule has 0 saturated heterocycles. The summed E-state index contributed by atoms with van der Waals surface area (Å²) in [6.45, 7) is 3.95. The number of hydrogen-bond acceptors (Lipinski definition) is 2. The highest BCUT2D eigenvalue weighted by atomic mass is 16.1. The zero-order chi connectivity index (χ0) is 15.8. The third kappa shape index (κ3) is 5.32. The molecule has 0 radical (unpaired) electrons. The van der Waals surface area contributed by atoms with Gasteiger partial charge in [-0.1, -0.05) is 36.4 Å². The van der Waals surface area contributed by atoms with E-state index >= 15 is 0 Å². The van der Waals surface area contributed by atoms with Crippen LogP contribution in [0.2, 0.25) is 0 Å². The third-order valence-electron chi connectivity index (χ3n) is 3.77. The second kappa shape index (κ2) is 8.32. The van der Waals surface area contributed by atoms with Gasteiger partial charge in [-0.05, 0) is 50.3 Å². The lowest BCUT2D eigenvalue weighted by molar-refractivity contribution is -0.121. The minimum absolute atomic E-state index is 0.00900. The molecule has 0 fully saturated rings. The molecule has 22 heavy (non-hydrogen) atoms. The van der Waals surface area contributed by atoms with E-state index in [1.54, 1.807) is 0 Å². The van der Waals surface area contributed by atoms with Gasteiger partial charge >= 0.3 is 0 Å². The van der Waals surface area contributed by atoms with Crippen LogP contribution in [0, 0.1) is 6.92 Å². The molecule has 3 nitrogen and oxygen atoms in total. The van der Waals surface area contributed by atoms with Gasteiger partial charge in [-0.3, -0.25) is 9.78 Å². The van der Waals surface area contributed by atoms with Gasteiger partial charge in [-0.15, -0.1) is 0 Å². The van der Waals surface area contributed by atoms with Crippen LogP contribution < -0.4 is 5.32 Å². The Labute approximate surface area is 132 Å². The monoisotopic (exact) mass is 296 g/mol. The van der Waals surface area contributed by atoms with Gasteiger partial charge in [-0.25, -0.2) is 0 Å². The third-order valence-corrected chi connectivity index (χ3v) is 3.77. The van der Waals surface area contributed by atoms with Crippen molar-refractivity contribution in [2.75, 3.05) is 0 Å². The Morgan fingerprint density at radius 1 is 1.14 bits per heavy atom. The first-order valence-electron chi connectivity index (χ1n) is 7.91. The van der Waals surface area contributed by atoms with Crippen LogP contribution in [0.25, 0.3) is 0 Å². The Bertz CT molecular complexity index is 578. The summed E-state index contributed by atoms with van der Waals surface area (Å²) in [5.41, 5.74) is 3.37. The van der Waals surface area contributed by atoms with Crippen molar-refractivity contribution in [2.24, 2.45) is 0 Å². The van der Waals surface area contributed by atoms with Gasteiger partial charge in [0.25, 0.3) is 0 Å². The molecule has 1 aromatic carbocycles. The number of benzene rings is 1. The number of hydrogen-bond donors (Lipinski definition) is 1. The molecule has 1 atom stereocenters. The van der Waals surface area contributed by atoms with Crippen molar-refractivity contribution >= 4 is 5.91 Å². The summed E-state index contributed by atoms with van der Waals surface area (Å²) in [6, 6.07) is 14.4. The minimum atomic E-state index is 0.00900. The average molecular weight is 296 g/mol. The molecule has 1 amide bonds. The Morgan fingerprint density at radius 3 is 2.59 bits per heavy atom. The molecule has 0 bridgehead atoms. The zero-order valence-electron chi connectivity index (χ0n) is 13.4. The van der Waals surface area contributed by atoms with Gasteiger partial charge in [0, 0.05) is 18.3 Å². The Hall–Kier alpha value is -2.16. The van der Waals surface area contributed by atoms with Crippen molar-refractivity contribution in [1.82, 2.24) is 10.3 Å². The Balaban J connectivity index is 1.68. The maximum atomic E-state index is 12.0. The summed E-state index contributed by atoms with van der Waals surface area (Å²) in [6.07, 6.45) is 5.40. The molecule has 1 N–H and O–H groups in total. The van der Waals surface area contributed by atoms with Gasteiger partial charge < -0.3 is 5.32 Å². The molecule has 1 unspecified atom stereocenters. The van der Waals surface area contributed by atoms with E-state index in [-0.39, 0.29) is 11.9 Å². The fourth-order valence-electron chi connectivity index (χ4n) is 2.39. The van der Waals surface area contributed by atoms with Crippen LogP contribution in [0.5, 0.6) is 0 Å². The topological polar surface area (TPSA) is 42.0 Å². The summed E-state index contributed by atoms with van der Waals surface area (Å²) in [7, 11) is 0. The van der Waals surface area contributed by atoms with Crippen LogP contribution in [-0.2, 0) is 11.2 Å². The van der Waals surface area contributed by atoms with E-state index in [0.29, 0.717) is 6.42 Å². The van der Waals surface area contributed by atoms with Crippen LogP contribution >= 0.6 is 0 Å². The standard InChI is InChI=1S/C19H24N2O/c1-15-12-13-18(14-20-15)16(2)21-19(22)11-7-6-10-17-8-4-3-5-9-17/h3-5,8-9,12-14,16H,6-7,10-11H2,1-2H3,(H,21,22). The summed E-state index contributed by atoms with van der Waals surface area (Å²) in [5, 5.41) is 3.04. The van der Waals surface area contributed by atoms with E-state index in [4.69, 9.17) is 0 Å². The average Bonchev–Trinajstić information content (AvgIpc) is 2.53. The highest BCUT2D eigenvalue weighted by molar-refractivity contribution is 5.76. The summed E-state index contributed by atoms with van der Waals surface area (Å²) in [5.74, 6) is 0.112. The largest absolute Gasteiger partial charge is 0.350 e. The van der Waals surface area contributed by atoms with Gasteiger partial charge in [0.2, 0.25) is 5.91 Å². The highest BCUT2D eigenvalue weighted by Crippen LogP contribution is 2.12. The highest BCUT2D eigenvalue weighted by Gasteiger charge is 2.09. The van der Waals surface area contributed by atoms with Gasteiger partial charge in [0.05, 0.1) is 6.04 Å². The molecule has 0 aliphatic heterocycles. The molecule has 2 rings (SSSR count). The molecule has 0 aliphatic rings. The lowest BCUT2D eigenvalue weighted by Crippen LogP contribution is -2.26. The van der Waals surface area contributed by atoms with Crippen molar-refractivity contribution in [3.8, 4) is 0 Å². The first-order chi connectivity index (χ1) is 10.6. The zero-order valence-corrected chi connectivity index (χ0v) is 13.4. The van der Waals surface area contributed by atoms with Crippen LogP contribution in [0.1, 0.15) is 49.0 Å². The molecule has 1 aromatic heterocycles. The lowest BCUT2D eigenvalue weighted by atomic mass is 10.1. The Morgan fingerprint density at radius 2 is 1.91 bits per heavy atom. The molecule has 0 saturated carbocycles. The fourth-order valence-corrected chi connectivity index (χ4v) is 2.39. The normalized spacial score (nSPS) is 11.9. The van der Waals surface area contributed by atoms with Crippen molar-refractivity contribution in [1.29, 1.82) is 0 Å². The maximum absolute atomic E-state index is 12.0. The second-order valence-corrected chi connectivity index (χ2v) is 5.71. The lowest BCUT2D eigenvalue weighted by Gasteiger charge is -2.14. The Kier molecular flexibility index (Phi) is 6.13. The fraction of sp³-hybridized carbons (Fsp3) is 0.368. The molecule has 3 heteroatoms. The van der Waals surface area contributed by atoms with Crippen LogP contribution in [0.3, 0.4) is 0 Å². The van der Waals surface area contributed by atoms with Crippen molar-refractivity contribution < 1.29 is 4.79 Å². The van der Waals surface area contributed by atoms with E-state index in [9.17, 15) is 4.79 Å². The van der Waals surface area contributed by atoms with Crippen molar-refractivity contribution in [3.63, 3.8) is 0 Å². The van der Waals surface area contributed by atoms with E-state index < -0.39 is 0 Å². The van der Waals surface area contributed by atoms with Crippen LogP contribution in [-0.4, -0.2) is 10.9 Å². The first-order valence-corrected chi connectivity index (χ1v) is 7.91. The summed E-state index contributed by atoms with van der Waals surface area (Å²) in [4.78, 5) is 16.2. The van der Waals surface area contributed by atoms with Crippen molar-refractivity contribution in [2.45, 2.75) is 45.6 Å². The quantitative estimate of drug-likeness (QED) is 0.785. The number of carbonyl (C=O) groups is 1. The number of carbonyl (C=O) groups excluding carboxylic acids is 1. The first kappa shape index (κ1) is 16.2. The number of aromatic nitrogens is 1. The number of aryl methyl sites for hydroxylation is 2. The number of nitrogens with one attached hydrogen (secondary N) is 1. The van der Waals surface area contributed by atoms with E-state index in [0.717, 1.165) is 30.5 Å². The maximum Gasteiger partial charge on any atom is 0.220 e. The van der Waals surface area contributed by atoms with Gasteiger partial charge in [0.1, 0.15) is 0 Å². The SMILES string of the molecule is Cc1ccc(C(C)NC(=O)CCCCc2ccccc2)cn1. The molecule has 1 heterocycles. The smallest absolute Gasteiger partial charge is 0.220 e. The molecule has 2 aromatic rings. The van der Waals surface area contributed by atoms with Gasteiger partial charge in [0.15, 0.2) is 0 Å². The van der Waals surface area contributed by atoms with E-state index in [1.807, 2.05) is 38.2 Å². The van der Waals surface area contributed by atoms with Gasteiger partial charge in [-0.2, -0.15) is 0 Å². The molecule has 0 spiro atoms. The molecular formula is C19H24N2O. The number of nitrogens with zero attached hydrogens (tertiary/aromatic N) is 1. The van der Waals surface area contributed by atoms with E-state index in [1.165, 1.54) is 5.56 Å². The predicted molar refractivity (Wildman–Crippen MR) is 89.5 cm³/mol. The number of unbranched alkanes of at least 4 members (excludes halogenated alkanes) is 1.